The zero-order valence-corrected chi connectivity index (χ0v) is 26.1. The molecule has 10 nitrogen and oxygen atoms in total. The van der Waals surface area contributed by atoms with Crippen LogP contribution in [-0.4, -0.2) is 103 Å². The lowest BCUT2D eigenvalue weighted by Crippen LogP contribution is -2.61. The van der Waals surface area contributed by atoms with Crippen LogP contribution in [0.2, 0.25) is 0 Å². The lowest BCUT2D eigenvalue weighted by atomic mass is 9.48. The lowest BCUT2D eigenvalue weighted by molar-refractivity contribution is -0.322. The largest absolute Gasteiger partial charge is 0.394 e. The van der Waals surface area contributed by atoms with Gasteiger partial charge in [0.2, 0.25) is 0 Å². The van der Waals surface area contributed by atoms with Gasteiger partial charge >= 0.3 is 0 Å². The summed E-state index contributed by atoms with van der Waals surface area (Å²) in [6.45, 7) is 9.57. The second kappa shape index (κ2) is 11.9. The average Bonchev–Trinajstić information content (AvgIpc) is 3.31. The first kappa shape index (κ1) is 33.2. The number of aliphatic hydroxyl groups is 7. The van der Waals surface area contributed by atoms with Gasteiger partial charge < -0.3 is 45.2 Å². The maximum atomic E-state index is 13.8. The van der Waals surface area contributed by atoms with Crippen LogP contribution in [0.3, 0.4) is 0 Å². The lowest BCUT2D eigenvalue weighted by Gasteiger charge is -2.57. The summed E-state index contributed by atoms with van der Waals surface area (Å²) < 4.78 is 11.4. The summed E-state index contributed by atoms with van der Waals surface area (Å²) >= 11 is 0. The van der Waals surface area contributed by atoms with Crippen molar-refractivity contribution in [3.05, 3.63) is 23.3 Å². The quantitative estimate of drug-likeness (QED) is 0.213. The minimum Gasteiger partial charge on any atom is -0.394 e. The summed E-state index contributed by atoms with van der Waals surface area (Å²) in [4.78, 5) is 13.8. The third-order valence-corrected chi connectivity index (χ3v) is 11.9. The Balaban J connectivity index is 1.35. The first-order chi connectivity index (χ1) is 20.1. The molecule has 0 radical (unpaired) electrons. The molecule has 244 valence electrons. The van der Waals surface area contributed by atoms with E-state index in [2.05, 4.69) is 33.8 Å². The van der Waals surface area contributed by atoms with Crippen molar-refractivity contribution < 1.29 is 50.0 Å². The molecular weight excluding hydrogens is 556 g/mol. The van der Waals surface area contributed by atoms with E-state index in [1.165, 1.54) is 0 Å². The molecule has 43 heavy (non-hydrogen) atoms. The van der Waals surface area contributed by atoms with Gasteiger partial charge in [0.25, 0.3) is 0 Å². The second-order valence-corrected chi connectivity index (χ2v) is 15.1. The van der Waals surface area contributed by atoms with E-state index in [-0.39, 0.29) is 30.5 Å². The van der Waals surface area contributed by atoms with Crippen LogP contribution in [0.4, 0.5) is 0 Å². The van der Waals surface area contributed by atoms with Crippen molar-refractivity contribution in [3.63, 3.8) is 0 Å². The van der Waals surface area contributed by atoms with E-state index in [4.69, 9.17) is 9.47 Å². The molecule has 7 N–H and O–H groups in total. The molecule has 0 spiro atoms. The van der Waals surface area contributed by atoms with E-state index < -0.39 is 78.0 Å². The van der Waals surface area contributed by atoms with Crippen LogP contribution in [0.15, 0.2) is 23.3 Å². The van der Waals surface area contributed by atoms with Crippen LogP contribution >= 0.6 is 0 Å². The highest BCUT2D eigenvalue weighted by Crippen LogP contribution is 2.65. The number of ether oxygens (including phenoxy) is 2. The topological polar surface area (TPSA) is 177 Å². The zero-order valence-electron chi connectivity index (χ0n) is 26.1. The molecule has 2 saturated carbocycles. The molecule has 10 heteroatoms. The Morgan fingerprint density at radius 1 is 1.09 bits per heavy atom. The van der Waals surface area contributed by atoms with Gasteiger partial charge in [-0.25, -0.2) is 0 Å². The molecule has 0 aromatic heterocycles. The number of carbonyl (C=O) groups excluding carboxylic acids is 1. The molecule has 0 aromatic rings. The number of fused-ring (bicyclic) bond motifs is 5. The molecule has 0 aromatic carbocycles. The van der Waals surface area contributed by atoms with Crippen molar-refractivity contribution >= 4 is 5.78 Å². The first-order valence-electron chi connectivity index (χ1n) is 16.1. The third-order valence-electron chi connectivity index (χ3n) is 11.9. The summed E-state index contributed by atoms with van der Waals surface area (Å²) in [5, 5.41) is 74.3. The normalized spacial score (nSPS) is 46.8. The molecule has 0 amide bonds. The smallest absolute Gasteiger partial charge is 0.187 e. The molecule has 14 unspecified atom stereocenters. The number of allylic oxidation sites excluding steroid dienone is 4. The van der Waals surface area contributed by atoms with E-state index in [1.54, 1.807) is 13.0 Å². The highest BCUT2D eigenvalue weighted by molar-refractivity contribution is 5.95. The van der Waals surface area contributed by atoms with Crippen LogP contribution in [0.5, 0.6) is 0 Å². The Kier molecular flexibility index (Phi) is 9.15. The van der Waals surface area contributed by atoms with Crippen molar-refractivity contribution in [2.45, 2.75) is 134 Å². The molecule has 3 fully saturated rings. The van der Waals surface area contributed by atoms with Crippen molar-refractivity contribution in [1.82, 2.24) is 0 Å². The molecule has 0 bridgehead atoms. The average molecular weight is 609 g/mol. The molecule has 14 atom stereocenters. The fraction of sp³-hybridized carbons (Fsp3) is 0.848. The summed E-state index contributed by atoms with van der Waals surface area (Å²) in [6, 6.07) is 0. The third kappa shape index (κ3) is 5.48. The van der Waals surface area contributed by atoms with Gasteiger partial charge in [0.1, 0.15) is 24.4 Å². The molecule has 1 aliphatic heterocycles. The van der Waals surface area contributed by atoms with Crippen molar-refractivity contribution in [2.75, 3.05) is 6.61 Å². The van der Waals surface area contributed by atoms with Gasteiger partial charge in [-0.3, -0.25) is 4.79 Å². The Hall–Kier alpha value is -1.21. The van der Waals surface area contributed by atoms with Gasteiger partial charge in [0, 0.05) is 11.8 Å². The van der Waals surface area contributed by atoms with Gasteiger partial charge in [-0.05, 0) is 91.8 Å². The number of aliphatic hydroxyl groups excluding tert-OH is 6. The highest BCUT2D eigenvalue weighted by Gasteiger charge is 2.61. The maximum Gasteiger partial charge on any atom is 0.187 e. The van der Waals surface area contributed by atoms with E-state index in [0.717, 1.165) is 30.4 Å². The number of rotatable bonds is 8. The van der Waals surface area contributed by atoms with Gasteiger partial charge in [0.15, 0.2) is 12.1 Å². The number of hydrogen-bond acceptors (Lipinski definition) is 10. The van der Waals surface area contributed by atoms with E-state index >= 15 is 0 Å². The number of carbonyl (C=O) groups is 1. The highest BCUT2D eigenvalue weighted by atomic mass is 16.7. The molecule has 5 rings (SSSR count). The molecule has 5 aliphatic rings. The first-order valence-corrected chi connectivity index (χ1v) is 16.1. The van der Waals surface area contributed by atoms with Gasteiger partial charge in [0.05, 0.1) is 30.5 Å². The van der Waals surface area contributed by atoms with E-state index in [9.17, 15) is 40.5 Å². The summed E-state index contributed by atoms with van der Waals surface area (Å²) in [5.74, 6) is -0.239. The summed E-state index contributed by atoms with van der Waals surface area (Å²) in [6.07, 6.45) is -1.99. The Labute approximate surface area is 254 Å². The van der Waals surface area contributed by atoms with Gasteiger partial charge in [-0.15, -0.1) is 0 Å². The zero-order chi connectivity index (χ0) is 31.6. The molecule has 4 aliphatic carbocycles. The van der Waals surface area contributed by atoms with Crippen molar-refractivity contribution in [2.24, 2.45) is 34.5 Å². The van der Waals surface area contributed by atoms with E-state index in [1.807, 2.05) is 0 Å². The fourth-order valence-corrected chi connectivity index (χ4v) is 9.18. The second-order valence-electron chi connectivity index (χ2n) is 15.1. The minimum atomic E-state index is -1.60. The predicted octanol–water partition coefficient (Wildman–Crippen LogP) is 1.37. The minimum absolute atomic E-state index is 0.0203. The predicted molar refractivity (Wildman–Crippen MR) is 156 cm³/mol. The van der Waals surface area contributed by atoms with Crippen LogP contribution in [0, 0.1) is 34.5 Å². The van der Waals surface area contributed by atoms with Crippen LogP contribution < -0.4 is 0 Å². The van der Waals surface area contributed by atoms with Crippen LogP contribution in [0.25, 0.3) is 0 Å². The maximum absolute atomic E-state index is 13.8. The monoisotopic (exact) mass is 608 g/mol. The van der Waals surface area contributed by atoms with E-state index in [0.29, 0.717) is 18.8 Å². The summed E-state index contributed by atoms with van der Waals surface area (Å²) in [5.41, 5.74) is -0.165. The molecular formula is C33H52O10. The molecule has 1 heterocycles. The van der Waals surface area contributed by atoms with Gasteiger partial charge in [-0.1, -0.05) is 33.8 Å². The fourth-order valence-electron chi connectivity index (χ4n) is 9.18. The van der Waals surface area contributed by atoms with Crippen LogP contribution in [0.1, 0.15) is 79.6 Å². The van der Waals surface area contributed by atoms with Crippen molar-refractivity contribution in [1.29, 1.82) is 0 Å². The Bertz CT molecular complexity index is 1110. The standard InChI is InChI=1S/C33H52O10/c1-16(2)6-9-26(37)33(5,41)25-8-7-18-17-12-21(35)20-13-23(42-30-29(40)28(39)27(38)24(15-34)43-30)22(36)14-32(20,4)19(17)10-11-31(18,25)3/h7,12,16,19-20,22-30,34,36-41H,6,8-11,13-15H2,1-5H3. The van der Waals surface area contributed by atoms with Gasteiger partial charge in [-0.2, -0.15) is 0 Å². The number of hydrogen-bond donors (Lipinski definition) is 7. The Morgan fingerprint density at radius 3 is 2.44 bits per heavy atom. The van der Waals surface area contributed by atoms with Crippen molar-refractivity contribution in [3.8, 4) is 0 Å². The molecule has 1 saturated heterocycles. The van der Waals surface area contributed by atoms with Crippen LogP contribution in [-0.2, 0) is 14.3 Å². The summed E-state index contributed by atoms with van der Waals surface area (Å²) in [7, 11) is 0. The SMILES string of the molecule is CC(C)CCC(O)C(C)(O)C1CC=C2C3=CC(=O)C4CC(OC5OC(CO)C(O)C(O)C5O)C(O)CC4(C)C3CCC21C. The Morgan fingerprint density at radius 2 is 1.79 bits per heavy atom. The number of ketones is 1.